The van der Waals surface area contributed by atoms with Crippen LogP contribution in [0.3, 0.4) is 0 Å². The molecule has 9 heteroatoms. The molecule has 3 aliphatic heterocycles. The van der Waals surface area contributed by atoms with Crippen LogP contribution in [-0.2, 0) is 25.7 Å². The first-order valence-electron chi connectivity index (χ1n) is 13.6. The van der Waals surface area contributed by atoms with E-state index in [0.29, 0.717) is 11.3 Å². The number of carbonyl (C=O) groups excluding carboxylic acids is 3. The first kappa shape index (κ1) is 26.1. The molecule has 1 aliphatic carbocycles. The van der Waals surface area contributed by atoms with Crippen LogP contribution >= 0.6 is 11.8 Å². The van der Waals surface area contributed by atoms with Crippen LogP contribution in [0.2, 0.25) is 0 Å². The van der Waals surface area contributed by atoms with Gasteiger partial charge in [-0.05, 0) is 43.4 Å². The first-order chi connectivity index (χ1) is 18.9. The lowest BCUT2D eigenvalue weighted by atomic mass is 9.74. The van der Waals surface area contributed by atoms with Gasteiger partial charge in [-0.25, -0.2) is 4.39 Å². The number of carbonyl (C=O) groups is 3. The normalized spacial score (nSPS) is 29.5. The van der Waals surface area contributed by atoms with Gasteiger partial charge in [-0.2, -0.15) is 0 Å². The van der Waals surface area contributed by atoms with E-state index in [9.17, 15) is 18.8 Å². The van der Waals surface area contributed by atoms with Gasteiger partial charge >= 0.3 is 0 Å². The molecule has 6 rings (SSSR count). The summed E-state index contributed by atoms with van der Waals surface area (Å²) in [6.07, 6.45) is 9.90. The van der Waals surface area contributed by atoms with Crippen LogP contribution in [-0.4, -0.2) is 52.7 Å². The number of hydrogen-bond donors (Lipinski definition) is 2. The summed E-state index contributed by atoms with van der Waals surface area (Å²) in [7, 11) is 0. The number of thioether (sulfide) groups is 1. The van der Waals surface area contributed by atoms with Gasteiger partial charge in [0.2, 0.25) is 17.7 Å². The minimum atomic E-state index is -1.28. The van der Waals surface area contributed by atoms with E-state index >= 15 is 0 Å². The number of likely N-dealkylation sites (tertiary alicyclic amines) is 1. The SMILES string of the molecule is CSc1cccc(NC(=O)C2C3C=CC4(O3)C2C(=O)N(Cc2ccccc2F)C4C(=O)NC2CCCCC2)c1. The summed E-state index contributed by atoms with van der Waals surface area (Å²) in [6, 6.07) is 12.8. The number of benzene rings is 2. The molecule has 3 amide bonds. The maximum absolute atomic E-state index is 14.7. The highest BCUT2D eigenvalue weighted by atomic mass is 32.2. The van der Waals surface area contributed by atoms with E-state index in [4.69, 9.17) is 4.74 Å². The summed E-state index contributed by atoms with van der Waals surface area (Å²) in [5, 5.41) is 6.11. The fourth-order valence-corrected chi connectivity index (χ4v) is 7.16. The van der Waals surface area contributed by atoms with E-state index < -0.39 is 35.4 Å². The monoisotopic (exact) mass is 549 g/mol. The van der Waals surface area contributed by atoms with E-state index in [1.807, 2.05) is 24.5 Å². The largest absolute Gasteiger partial charge is 0.359 e. The molecular weight excluding hydrogens is 517 g/mol. The van der Waals surface area contributed by atoms with Gasteiger partial charge in [0.25, 0.3) is 0 Å². The molecule has 0 aromatic heterocycles. The molecule has 5 unspecified atom stereocenters. The van der Waals surface area contributed by atoms with Crippen molar-refractivity contribution >= 4 is 35.2 Å². The summed E-state index contributed by atoms with van der Waals surface area (Å²) in [4.78, 5) is 44.0. The average Bonchev–Trinajstić information content (AvgIpc) is 3.58. The second-order valence-electron chi connectivity index (χ2n) is 10.8. The Bertz CT molecular complexity index is 1330. The summed E-state index contributed by atoms with van der Waals surface area (Å²) < 4.78 is 21.1. The zero-order valence-corrected chi connectivity index (χ0v) is 22.6. The number of anilines is 1. The molecule has 2 bridgehead atoms. The van der Waals surface area contributed by atoms with Crippen molar-refractivity contribution in [3.63, 3.8) is 0 Å². The average molecular weight is 550 g/mol. The fraction of sp³-hybridized carbons (Fsp3) is 0.433. The van der Waals surface area contributed by atoms with Crippen molar-refractivity contribution < 1.29 is 23.5 Å². The molecule has 204 valence electrons. The van der Waals surface area contributed by atoms with Gasteiger partial charge in [-0.1, -0.05) is 55.7 Å². The van der Waals surface area contributed by atoms with Crippen LogP contribution in [0.15, 0.2) is 65.6 Å². The quantitative estimate of drug-likeness (QED) is 0.398. The molecule has 3 heterocycles. The minimum Gasteiger partial charge on any atom is -0.359 e. The van der Waals surface area contributed by atoms with Crippen molar-refractivity contribution in [3.8, 4) is 0 Å². The number of rotatable bonds is 7. The third-order valence-electron chi connectivity index (χ3n) is 8.51. The molecule has 7 nitrogen and oxygen atoms in total. The van der Waals surface area contributed by atoms with E-state index in [-0.39, 0.29) is 30.3 Å². The second kappa shape index (κ2) is 10.4. The zero-order chi connectivity index (χ0) is 27.1. The summed E-state index contributed by atoms with van der Waals surface area (Å²) >= 11 is 1.57. The van der Waals surface area contributed by atoms with Crippen LogP contribution in [0.4, 0.5) is 10.1 Å². The Labute approximate surface area is 231 Å². The number of amides is 3. The molecule has 2 saturated heterocycles. The van der Waals surface area contributed by atoms with Crippen LogP contribution in [0.1, 0.15) is 37.7 Å². The molecule has 4 aliphatic rings. The summed E-state index contributed by atoms with van der Waals surface area (Å²) in [6.45, 7) is -0.0848. The van der Waals surface area contributed by atoms with Gasteiger partial charge in [0, 0.05) is 28.7 Å². The number of hydrogen-bond acceptors (Lipinski definition) is 5. The summed E-state index contributed by atoms with van der Waals surface area (Å²) in [5.74, 6) is -3.15. The van der Waals surface area contributed by atoms with Crippen molar-refractivity contribution in [2.45, 2.75) is 67.3 Å². The van der Waals surface area contributed by atoms with Crippen LogP contribution in [0, 0.1) is 17.7 Å². The predicted molar refractivity (Wildman–Crippen MR) is 146 cm³/mol. The Morgan fingerprint density at radius 1 is 1.10 bits per heavy atom. The Morgan fingerprint density at radius 2 is 1.90 bits per heavy atom. The van der Waals surface area contributed by atoms with Gasteiger partial charge in [0.05, 0.1) is 17.9 Å². The topological polar surface area (TPSA) is 87.7 Å². The first-order valence-corrected chi connectivity index (χ1v) is 14.8. The van der Waals surface area contributed by atoms with Crippen molar-refractivity contribution in [1.82, 2.24) is 10.2 Å². The number of ether oxygens (including phenoxy) is 1. The molecule has 39 heavy (non-hydrogen) atoms. The highest BCUT2D eigenvalue weighted by Crippen LogP contribution is 2.55. The number of fused-ring (bicyclic) bond motifs is 1. The smallest absolute Gasteiger partial charge is 0.246 e. The van der Waals surface area contributed by atoms with Crippen LogP contribution in [0.5, 0.6) is 0 Å². The highest BCUT2D eigenvalue weighted by molar-refractivity contribution is 7.98. The van der Waals surface area contributed by atoms with Gasteiger partial charge in [0.15, 0.2) is 0 Å². The maximum atomic E-state index is 14.7. The molecule has 1 saturated carbocycles. The highest BCUT2D eigenvalue weighted by Gasteiger charge is 2.72. The molecule has 2 N–H and O–H groups in total. The van der Waals surface area contributed by atoms with Gasteiger partial charge in [-0.15, -0.1) is 11.8 Å². The van der Waals surface area contributed by atoms with Crippen molar-refractivity contribution in [3.05, 3.63) is 72.1 Å². The van der Waals surface area contributed by atoms with Gasteiger partial charge in [0.1, 0.15) is 17.5 Å². The third-order valence-corrected chi connectivity index (χ3v) is 9.24. The minimum absolute atomic E-state index is 0.0255. The Balaban J connectivity index is 1.33. The molecule has 0 radical (unpaired) electrons. The van der Waals surface area contributed by atoms with Gasteiger partial charge in [-0.3, -0.25) is 14.4 Å². The number of nitrogens with one attached hydrogen (secondary N) is 2. The number of halogens is 1. The maximum Gasteiger partial charge on any atom is 0.246 e. The number of nitrogens with zero attached hydrogens (tertiary/aromatic N) is 1. The van der Waals surface area contributed by atoms with Crippen molar-refractivity contribution in [2.75, 3.05) is 11.6 Å². The molecule has 5 atom stereocenters. The third kappa shape index (κ3) is 4.55. The van der Waals surface area contributed by atoms with Crippen LogP contribution < -0.4 is 10.6 Å². The Hall–Kier alpha value is -3.17. The molecule has 3 fully saturated rings. The second-order valence-corrected chi connectivity index (χ2v) is 11.7. The standard InChI is InChI=1S/C30H32FN3O4S/c1-39-21-12-7-11-20(16-21)33-27(35)24-23-14-15-30(38-23)25(24)29(37)34(17-18-8-5-6-13-22(18)31)26(30)28(36)32-19-9-3-2-4-10-19/h5-8,11-16,19,23-26H,2-4,9-10,17H2,1H3,(H,32,36)(H,33,35). The summed E-state index contributed by atoms with van der Waals surface area (Å²) in [5.41, 5.74) is -0.339. The van der Waals surface area contributed by atoms with Crippen molar-refractivity contribution in [1.29, 1.82) is 0 Å². The predicted octanol–water partition coefficient (Wildman–Crippen LogP) is 4.29. The molecule has 2 aromatic carbocycles. The lowest BCUT2D eigenvalue weighted by Gasteiger charge is -2.34. The van der Waals surface area contributed by atoms with Crippen molar-refractivity contribution in [2.24, 2.45) is 11.8 Å². The zero-order valence-electron chi connectivity index (χ0n) is 21.8. The Morgan fingerprint density at radius 3 is 2.67 bits per heavy atom. The molecular formula is C30H32FN3O4S. The van der Waals surface area contributed by atoms with E-state index in [1.54, 1.807) is 48.2 Å². The molecule has 2 aromatic rings. The lowest BCUT2D eigenvalue weighted by Crippen LogP contribution is -2.56. The van der Waals surface area contributed by atoms with Crippen LogP contribution in [0.25, 0.3) is 0 Å². The lowest BCUT2D eigenvalue weighted by molar-refractivity contribution is -0.142. The molecule has 1 spiro atoms. The fourth-order valence-electron chi connectivity index (χ4n) is 6.70. The van der Waals surface area contributed by atoms with E-state index in [0.717, 1.165) is 37.0 Å². The van der Waals surface area contributed by atoms with E-state index in [1.165, 1.54) is 11.0 Å². The van der Waals surface area contributed by atoms with Gasteiger partial charge < -0.3 is 20.3 Å². The Kier molecular flexibility index (Phi) is 6.97. The van der Waals surface area contributed by atoms with E-state index in [2.05, 4.69) is 10.6 Å².